The maximum absolute atomic E-state index is 8.86. The van der Waals surface area contributed by atoms with Crippen molar-refractivity contribution in [1.29, 1.82) is 5.26 Å². The Morgan fingerprint density at radius 3 is 3.11 bits per heavy atom. The number of hydrogen-bond acceptors (Lipinski definition) is 3. The van der Waals surface area contributed by atoms with Gasteiger partial charge >= 0.3 is 0 Å². The van der Waals surface area contributed by atoms with E-state index in [9.17, 15) is 0 Å². The molecule has 1 fully saturated rings. The highest BCUT2D eigenvalue weighted by molar-refractivity contribution is 7.99. The molecule has 1 N–H and O–H groups in total. The molecule has 96 valence electrons. The van der Waals surface area contributed by atoms with Crippen molar-refractivity contribution in [2.45, 2.75) is 44.0 Å². The standard InChI is InChI=1S/C15H20N2S/c1-2-18-15-7-6-14(9-15)17-11-13-5-3-4-12(8-13)10-16/h3-5,8,14-15,17H,2,6-7,9,11H2,1H3. The van der Waals surface area contributed by atoms with Gasteiger partial charge in [0.05, 0.1) is 11.6 Å². The highest BCUT2D eigenvalue weighted by atomic mass is 32.2. The largest absolute Gasteiger partial charge is 0.310 e. The molecule has 0 saturated heterocycles. The Bertz CT molecular complexity index is 425. The van der Waals surface area contributed by atoms with Crippen molar-refractivity contribution < 1.29 is 0 Å². The number of nitrogens with zero attached hydrogens (tertiary/aromatic N) is 1. The Morgan fingerprint density at radius 1 is 1.44 bits per heavy atom. The number of rotatable bonds is 5. The van der Waals surface area contributed by atoms with Crippen LogP contribution in [0.3, 0.4) is 0 Å². The molecule has 1 aliphatic carbocycles. The summed E-state index contributed by atoms with van der Waals surface area (Å²) in [6.45, 7) is 3.11. The van der Waals surface area contributed by atoms with Crippen LogP contribution in [0.2, 0.25) is 0 Å². The third kappa shape index (κ3) is 3.76. The lowest BCUT2D eigenvalue weighted by Crippen LogP contribution is -2.26. The van der Waals surface area contributed by atoms with Crippen LogP contribution in [0, 0.1) is 11.3 Å². The van der Waals surface area contributed by atoms with Gasteiger partial charge in [-0.1, -0.05) is 19.1 Å². The fourth-order valence-electron chi connectivity index (χ4n) is 2.53. The van der Waals surface area contributed by atoms with Gasteiger partial charge in [0.2, 0.25) is 0 Å². The summed E-state index contributed by atoms with van der Waals surface area (Å²) in [4.78, 5) is 0. The minimum absolute atomic E-state index is 0.653. The molecule has 0 bridgehead atoms. The molecule has 1 saturated carbocycles. The highest BCUT2D eigenvalue weighted by Gasteiger charge is 2.23. The smallest absolute Gasteiger partial charge is 0.0991 e. The molecule has 2 unspecified atom stereocenters. The molecule has 0 amide bonds. The van der Waals surface area contributed by atoms with Gasteiger partial charge in [-0.3, -0.25) is 0 Å². The number of thioether (sulfide) groups is 1. The molecular formula is C15H20N2S. The van der Waals surface area contributed by atoms with Crippen molar-refractivity contribution in [3.63, 3.8) is 0 Å². The lowest BCUT2D eigenvalue weighted by Gasteiger charge is -2.13. The lowest BCUT2D eigenvalue weighted by atomic mass is 10.1. The zero-order valence-corrected chi connectivity index (χ0v) is 11.7. The molecule has 0 spiro atoms. The third-order valence-electron chi connectivity index (χ3n) is 3.44. The van der Waals surface area contributed by atoms with Crippen LogP contribution in [0.25, 0.3) is 0 Å². The van der Waals surface area contributed by atoms with E-state index >= 15 is 0 Å². The first-order valence-corrected chi connectivity index (χ1v) is 7.70. The quantitative estimate of drug-likeness (QED) is 0.882. The maximum Gasteiger partial charge on any atom is 0.0991 e. The molecule has 1 aromatic rings. The Labute approximate surface area is 114 Å². The van der Waals surface area contributed by atoms with E-state index in [1.165, 1.54) is 30.6 Å². The van der Waals surface area contributed by atoms with Crippen molar-refractivity contribution in [1.82, 2.24) is 5.32 Å². The van der Waals surface area contributed by atoms with E-state index in [-0.39, 0.29) is 0 Å². The molecule has 1 aromatic carbocycles. The van der Waals surface area contributed by atoms with Gasteiger partial charge in [-0.2, -0.15) is 17.0 Å². The van der Waals surface area contributed by atoms with E-state index in [0.717, 1.165) is 17.4 Å². The molecule has 18 heavy (non-hydrogen) atoms. The van der Waals surface area contributed by atoms with Crippen molar-refractivity contribution in [3.8, 4) is 6.07 Å². The maximum atomic E-state index is 8.86. The van der Waals surface area contributed by atoms with Crippen LogP contribution in [-0.4, -0.2) is 17.0 Å². The molecule has 3 heteroatoms. The summed E-state index contributed by atoms with van der Waals surface area (Å²) >= 11 is 2.09. The van der Waals surface area contributed by atoms with E-state index in [0.29, 0.717) is 6.04 Å². The molecule has 0 heterocycles. The minimum atomic E-state index is 0.653. The lowest BCUT2D eigenvalue weighted by molar-refractivity contribution is 0.525. The fraction of sp³-hybridized carbons (Fsp3) is 0.533. The van der Waals surface area contributed by atoms with Gasteiger partial charge < -0.3 is 5.32 Å². The molecule has 0 aromatic heterocycles. The van der Waals surface area contributed by atoms with Gasteiger partial charge in [0.1, 0.15) is 0 Å². The van der Waals surface area contributed by atoms with E-state index in [4.69, 9.17) is 5.26 Å². The summed E-state index contributed by atoms with van der Waals surface area (Å²) in [7, 11) is 0. The van der Waals surface area contributed by atoms with Gasteiger partial charge in [0.15, 0.2) is 0 Å². The van der Waals surface area contributed by atoms with Crippen LogP contribution in [0.4, 0.5) is 0 Å². The van der Waals surface area contributed by atoms with Gasteiger partial charge in [0, 0.05) is 17.8 Å². The second-order valence-electron chi connectivity index (χ2n) is 4.78. The summed E-state index contributed by atoms with van der Waals surface area (Å²) in [6.07, 6.45) is 3.92. The molecule has 1 aliphatic rings. The zero-order chi connectivity index (χ0) is 12.8. The van der Waals surface area contributed by atoms with Crippen LogP contribution in [0.5, 0.6) is 0 Å². The second-order valence-corrected chi connectivity index (χ2v) is 6.36. The monoisotopic (exact) mass is 260 g/mol. The Balaban J connectivity index is 1.80. The number of nitrogens with one attached hydrogen (secondary N) is 1. The summed E-state index contributed by atoms with van der Waals surface area (Å²) < 4.78 is 0. The van der Waals surface area contributed by atoms with Crippen LogP contribution < -0.4 is 5.32 Å². The average Bonchev–Trinajstić information content (AvgIpc) is 2.85. The molecule has 2 rings (SSSR count). The second kappa shape index (κ2) is 6.82. The first kappa shape index (κ1) is 13.5. The van der Waals surface area contributed by atoms with Crippen molar-refractivity contribution in [2.24, 2.45) is 0 Å². The Kier molecular flexibility index (Phi) is 5.10. The van der Waals surface area contributed by atoms with Crippen LogP contribution in [0.1, 0.15) is 37.3 Å². The SMILES string of the molecule is CCSC1CCC(NCc2cccc(C#N)c2)C1. The first-order valence-electron chi connectivity index (χ1n) is 6.66. The van der Waals surface area contributed by atoms with Crippen molar-refractivity contribution >= 4 is 11.8 Å². The van der Waals surface area contributed by atoms with Gasteiger partial charge in [-0.25, -0.2) is 0 Å². The fourth-order valence-corrected chi connectivity index (χ4v) is 3.67. The molecule has 0 radical (unpaired) electrons. The average molecular weight is 260 g/mol. The van der Waals surface area contributed by atoms with Crippen molar-refractivity contribution in [3.05, 3.63) is 35.4 Å². The molecular weight excluding hydrogens is 240 g/mol. The minimum Gasteiger partial charge on any atom is -0.310 e. The van der Waals surface area contributed by atoms with Crippen LogP contribution in [0.15, 0.2) is 24.3 Å². The first-order chi connectivity index (χ1) is 8.81. The Morgan fingerprint density at radius 2 is 2.33 bits per heavy atom. The van der Waals surface area contributed by atoms with E-state index in [1.807, 2.05) is 18.2 Å². The molecule has 2 nitrogen and oxygen atoms in total. The number of hydrogen-bond donors (Lipinski definition) is 1. The Hall–Kier alpha value is -0.980. The number of benzene rings is 1. The third-order valence-corrected chi connectivity index (χ3v) is 4.67. The predicted octanol–water partition coefficient (Wildman–Crippen LogP) is 3.32. The number of nitriles is 1. The predicted molar refractivity (Wildman–Crippen MR) is 77.6 cm³/mol. The van der Waals surface area contributed by atoms with E-state index in [1.54, 1.807) is 0 Å². The van der Waals surface area contributed by atoms with Crippen molar-refractivity contribution in [2.75, 3.05) is 5.75 Å². The van der Waals surface area contributed by atoms with Gasteiger partial charge in [0.25, 0.3) is 0 Å². The topological polar surface area (TPSA) is 35.8 Å². The summed E-state index contributed by atoms with van der Waals surface area (Å²) in [5.74, 6) is 1.22. The van der Waals surface area contributed by atoms with Crippen LogP contribution >= 0.6 is 11.8 Å². The normalized spacial score (nSPS) is 22.9. The highest BCUT2D eigenvalue weighted by Crippen LogP contribution is 2.29. The molecule has 0 aliphatic heterocycles. The summed E-state index contributed by atoms with van der Waals surface area (Å²) in [6, 6.07) is 10.7. The summed E-state index contributed by atoms with van der Waals surface area (Å²) in [5.41, 5.74) is 1.96. The van der Waals surface area contributed by atoms with Gasteiger partial charge in [-0.15, -0.1) is 0 Å². The molecule has 2 atom stereocenters. The zero-order valence-electron chi connectivity index (χ0n) is 10.9. The summed E-state index contributed by atoms with van der Waals surface area (Å²) in [5, 5.41) is 13.3. The van der Waals surface area contributed by atoms with E-state index < -0.39 is 0 Å². The van der Waals surface area contributed by atoms with E-state index in [2.05, 4.69) is 36.1 Å². The van der Waals surface area contributed by atoms with Crippen LogP contribution in [-0.2, 0) is 6.54 Å². The van der Waals surface area contributed by atoms with Gasteiger partial charge in [-0.05, 0) is 42.7 Å².